The van der Waals surface area contributed by atoms with Crippen LogP contribution in [0.25, 0.3) is 0 Å². The molecule has 33 heavy (non-hydrogen) atoms. The number of nitrogens with one attached hydrogen (secondary N) is 1. The van der Waals surface area contributed by atoms with Gasteiger partial charge in [-0.05, 0) is 0 Å². The van der Waals surface area contributed by atoms with Crippen molar-refractivity contribution in [3.05, 3.63) is 17.7 Å². The summed E-state index contributed by atoms with van der Waals surface area (Å²) in [4.78, 5) is 25.6. The quantitative estimate of drug-likeness (QED) is 0.420. The SMILES string of the molecule is Cn1cc(CCNC(=O)C(F)(F)C(F)(F)C(F)(F)F)nc1C(=O)C(F)(F)C(F)(F)C(F)(F)F. The van der Waals surface area contributed by atoms with E-state index in [1.54, 1.807) is 0 Å². The fourth-order valence-corrected chi connectivity index (χ4v) is 2.06. The van der Waals surface area contributed by atoms with Crippen molar-refractivity contribution in [1.82, 2.24) is 14.9 Å². The van der Waals surface area contributed by atoms with Crippen LogP contribution in [-0.4, -0.2) is 63.8 Å². The number of ketones is 1. The van der Waals surface area contributed by atoms with Crippen LogP contribution in [0.5, 0.6) is 0 Å². The zero-order valence-electron chi connectivity index (χ0n) is 15.5. The van der Waals surface area contributed by atoms with Crippen LogP contribution >= 0.6 is 0 Å². The molecule has 1 N–H and O–H groups in total. The molecule has 1 aromatic heterocycles. The Morgan fingerprint density at radius 1 is 0.818 bits per heavy atom. The summed E-state index contributed by atoms with van der Waals surface area (Å²) < 4.78 is 177. The largest absolute Gasteiger partial charge is 0.460 e. The zero-order chi connectivity index (χ0) is 26.4. The van der Waals surface area contributed by atoms with E-state index in [1.807, 2.05) is 0 Å². The number of rotatable bonds is 8. The van der Waals surface area contributed by atoms with Gasteiger partial charge in [0.05, 0.1) is 5.69 Å². The fraction of sp³-hybridized carbons (Fsp3) is 0.643. The maximum Gasteiger partial charge on any atom is 0.460 e. The summed E-state index contributed by atoms with van der Waals surface area (Å²) in [7, 11) is 0.669. The van der Waals surface area contributed by atoms with Gasteiger partial charge in [-0.1, -0.05) is 0 Å². The van der Waals surface area contributed by atoms with Gasteiger partial charge in [0.15, 0.2) is 5.82 Å². The van der Waals surface area contributed by atoms with E-state index in [0.29, 0.717) is 13.2 Å². The number of aromatic nitrogens is 2. The molecule has 1 heterocycles. The standard InChI is InChI=1S/C14H9F14N3O2/c1-31-4-5(2-3-29-8(33)10(17,18)12(21,22)14(26,27)28)30-7(31)6(32)9(15,16)11(19,20)13(23,24)25/h4H,2-3H2,1H3,(H,29,33). The van der Waals surface area contributed by atoms with E-state index in [-0.39, 0.29) is 4.57 Å². The molecule has 1 amide bonds. The summed E-state index contributed by atoms with van der Waals surface area (Å²) in [6.45, 7) is -1.21. The Morgan fingerprint density at radius 2 is 1.24 bits per heavy atom. The Labute approximate surface area is 172 Å². The summed E-state index contributed by atoms with van der Waals surface area (Å²) in [5.74, 6) is -34.1. The fourth-order valence-electron chi connectivity index (χ4n) is 2.06. The molecule has 0 spiro atoms. The Kier molecular flexibility index (Phi) is 7.14. The van der Waals surface area contributed by atoms with E-state index in [0.717, 1.165) is 5.32 Å². The highest BCUT2D eigenvalue weighted by atomic mass is 19.4. The third-order valence-corrected chi connectivity index (χ3v) is 3.87. The van der Waals surface area contributed by atoms with Crippen LogP contribution in [0, 0.1) is 0 Å². The zero-order valence-corrected chi connectivity index (χ0v) is 15.5. The van der Waals surface area contributed by atoms with Gasteiger partial charge in [-0.15, -0.1) is 0 Å². The number of hydrogen-bond donors (Lipinski definition) is 1. The van der Waals surface area contributed by atoms with Crippen LogP contribution in [0.4, 0.5) is 61.5 Å². The van der Waals surface area contributed by atoms with Crippen molar-refractivity contribution in [3.8, 4) is 0 Å². The second-order valence-electron chi connectivity index (χ2n) is 6.29. The normalized spacial score (nSPS) is 14.4. The van der Waals surface area contributed by atoms with Crippen LogP contribution in [0.2, 0.25) is 0 Å². The first-order chi connectivity index (χ1) is 14.4. The maximum absolute atomic E-state index is 13.5. The van der Waals surface area contributed by atoms with Crippen molar-refractivity contribution in [1.29, 1.82) is 0 Å². The number of Topliss-reactive ketones (excluding diaryl/α,β-unsaturated/α-hetero) is 1. The summed E-state index contributed by atoms with van der Waals surface area (Å²) in [5.41, 5.74) is -0.696. The van der Waals surface area contributed by atoms with Gasteiger partial charge in [-0.3, -0.25) is 9.59 Å². The predicted molar refractivity (Wildman–Crippen MR) is 76.2 cm³/mol. The Hall–Kier alpha value is -2.63. The topological polar surface area (TPSA) is 64.0 Å². The number of nitrogens with zero attached hydrogens (tertiary/aromatic N) is 2. The first kappa shape index (κ1) is 28.4. The molecule has 0 saturated carbocycles. The van der Waals surface area contributed by atoms with Crippen LogP contribution < -0.4 is 5.32 Å². The molecule has 0 aromatic carbocycles. The van der Waals surface area contributed by atoms with Crippen molar-refractivity contribution in [2.75, 3.05) is 6.54 Å². The van der Waals surface area contributed by atoms with Gasteiger partial charge in [-0.25, -0.2) is 4.98 Å². The molecule has 0 unspecified atom stereocenters. The smallest absolute Gasteiger partial charge is 0.350 e. The number of halogens is 14. The molecular formula is C14H9F14N3O2. The first-order valence-electron chi connectivity index (χ1n) is 7.93. The Bertz CT molecular complexity index is 900. The minimum Gasteiger partial charge on any atom is -0.350 e. The lowest BCUT2D eigenvalue weighted by Crippen LogP contribution is -2.59. The molecule has 5 nitrogen and oxygen atoms in total. The molecule has 0 aliphatic carbocycles. The lowest BCUT2D eigenvalue weighted by molar-refractivity contribution is -0.344. The number of hydrogen-bond acceptors (Lipinski definition) is 3. The van der Waals surface area contributed by atoms with Crippen LogP contribution in [-0.2, 0) is 18.3 Å². The van der Waals surface area contributed by atoms with Gasteiger partial charge in [0.1, 0.15) is 0 Å². The molecule has 0 fully saturated rings. The Morgan fingerprint density at radius 3 is 1.67 bits per heavy atom. The molecule has 0 atom stereocenters. The minimum atomic E-state index is -6.84. The van der Waals surface area contributed by atoms with Gasteiger partial charge in [-0.2, -0.15) is 61.5 Å². The maximum atomic E-state index is 13.5. The number of carbonyl (C=O) groups excluding carboxylic acids is 2. The van der Waals surface area contributed by atoms with Gasteiger partial charge in [0, 0.05) is 26.2 Å². The van der Waals surface area contributed by atoms with Gasteiger partial charge in [0.25, 0.3) is 11.7 Å². The second kappa shape index (κ2) is 8.30. The van der Waals surface area contributed by atoms with Gasteiger partial charge in [0.2, 0.25) is 0 Å². The highest BCUT2D eigenvalue weighted by Crippen LogP contribution is 2.48. The summed E-state index contributed by atoms with van der Waals surface area (Å²) in [6.07, 6.45) is -14.0. The van der Waals surface area contributed by atoms with E-state index < -0.39 is 72.2 Å². The van der Waals surface area contributed by atoms with Crippen molar-refractivity contribution >= 4 is 11.7 Å². The number of amides is 1. The molecule has 0 radical (unpaired) electrons. The van der Waals surface area contributed by atoms with Crippen molar-refractivity contribution < 1.29 is 71.1 Å². The highest BCUT2D eigenvalue weighted by molar-refractivity contribution is 5.99. The lowest BCUT2D eigenvalue weighted by atomic mass is 10.1. The molecule has 0 aliphatic heterocycles. The molecule has 0 aliphatic rings. The molecule has 0 saturated heterocycles. The number of carbonyl (C=O) groups is 2. The first-order valence-corrected chi connectivity index (χ1v) is 7.93. The predicted octanol–water partition coefficient (Wildman–Crippen LogP) is 3.93. The van der Waals surface area contributed by atoms with E-state index in [4.69, 9.17) is 0 Å². The Balaban J connectivity index is 2.98. The van der Waals surface area contributed by atoms with Crippen molar-refractivity contribution in [2.24, 2.45) is 7.05 Å². The molecule has 1 aromatic rings. The van der Waals surface area contributed by atoms with Crippen molar-refractivity contribution in [3.63, 3.8) is 0 Å². The number of aryl methyl sites for hydroxylation is 1. The van der Waals surface area contributed by atoms with Gasteiger partial charge >= 0.3 is 36.0 Å². The van der Waals surface area contributed by atoms with E-state index in [9.17, 15) is 71.1 Å². The van der Waals surface area contributed by atoms with E-state index in [2.05, 4.69) is 4.98 Å². The highest BCUT2D eigenvalue weighted by Gasteiger charge is 2.77. The summed E-state index contributed by atoms with van der Waals surface area (Å²) in [5, 5.41) is 0.962. The summed E-state index contributed by atoms with van der Waals surface area (Å²) in [6, 6.07) is 0. The lowest BCUT2D eigenvalue weighted by Gasteiger charge is -2.27. The third-order valence-electron chi connectivity index (χ3n) is 3.87. The second-order valence-corrected chi connectivity index (χ2v) is 6.29. The van der Waals surface area contributed by atoms with Crippen molar-refractivity contribution in [2.45, 2.75) is 42.5 Å². The minimum absolute atomic E-state index is 0.228. The van der Waals surface area contributed by atoms with E-state index >= 15 is 0 Å². The number of imidazole rings is 1. The monoisotopic (exact) mass is 517 g/mol. The summed E-state index contributed by atoms with van der Waals surface area (Å²) >= 11 is 0. The van der Waals surface area contributed by atoms with Gasteiger partial charge < -0.3 is 9.88 Å². The van der Waals surface area contributed by atoms with Crippen LogP contribution in [0.1, 0.15) is 16.3 Å². The number of alkyl halides is 14. The third kappa shape index (κ3) is 4.85. The molecular weight excluding hydrogens is 508 g/mol. The average molecular weight is 517 g/mol. The van der Waals surface area contributed by atoms with Crippen LogP contribution in [0.3, 0.4) is 0 Å². The molecule has 190 valence electrons. The molecule has 0 bridgehead atoms. The molecule has 1 rings (SSSR count). The van der Waals surface area contributed by atoms with Crippen LogP contribution in [0.15, 0.2) is 6.20 Å². The average Bonchev–Trinajstić information content (AvgIpc) is 2.98. The van der Waals surface area contributed by atoms with E-state index in [1.165, 1.54) is 0 Å². The molecule has 19 heteroatoms.